The topological polar surface area (TPSA) is 61.4 Å². The van der Waals surface area contributed by atoms with Crippen LogP contribution in [0, 0.1) is 0 Å². The van der Waals surface area contributed by atoms with Gasteiger partial charge < -0.3 is 15.5 Å². The zero-order valence-electron chi connectivity index (χ0n) is 19.1. The summed E-state index contributed by atoms with van der Waals surface area (Å²) < 4.78 is 0. The van der Waals surface area contributed by atoms with Crippen molar-refractivity contribution < 1.29 is 9.59 Å². The maximum absolute atomic E-state index is 12.8. The summed E-state index contributed by atoms with van der Waals surface area (Å²) in [5, 5.41) is 5.99. The van der Waals surface area contributed by atoms with Crippen molar-refractivity contribution in [3.05, 3.63) is 23.8 Å². The summed E-state index contributed by atoms with van der Waals surface area (Å²) in [5.74, 6) is -0.0187. The van der Waals surface area contributed by atoms with E-state index in [9.17, 15) is 9.59 Å². The van der Waals surface area contributed by atoms with Crippen LogP contribution in [0.3, 0.4) is 0 Å². The van der Waals surface area contributed by atoms with Crippen LogP contribution in [-0.4, -0.2) is 31.4 Å². The Morgan fingerprint density at radius 2 is 1.60 bits per heavy atom. The zero-order valence-corrected chi connectivity index (χ0v) is 19.1. The van der Waals surface area contributed by atoms with Crippen molar-refractivity contribution >= 4 is 23.2 Å². The third-order valence-corrected chi connectivity index (χ3v) is 5.76. The fourth-order valence-corrected chi connectivity index (χ4v) is 4.01. The first-order chi connectivity index (χ1) is 14.7. The fraction of sp³-hybridized carbons (Fsp3) is 0.680. The minimum Gasteiger partial charge on any atom is -0.371 e. The van der Waals surface area contributed by atoms with Crippen molar-refractivity contribution in [2.45, 2.75) is 90.9 Å². The van der Waals surface area contributed by atoms with Crippen molar-refractivity contribution in [3.63, 3.8) is 0 Å². The molecule has 0 radical (unpaired) electrons. The van der Waals surface area contributed by atoms with Gasteiger partial charge in [0.05, 0.1) is 5.56 Å². The van der Waals surface area contributed by atoms with Crippen molar-refractivity contribution in [2.75, 3.05) is 29.9 Å². The summed E-state index contributed by atoms with van der Waals surface area (Å²) in [4.78, 5) is 27.4. The number of benzene rings is 1. The van der Waals surface area contributed by atoms with E-state index in [1.54, 1.807) is 0 Å². The van der Waals surface area contributed by atoms with Crippen LogP contribution in [0.5, 0.6) is 0 Å². The minimum absolute atomic E-state index is 0.0363. The van der Waals surface area contributed by atoms with Gasteiger partial charge in [0.2, 0.25) is 5.91 Å². The van der Waals surface area contributed by atoms with Crippen LogP contribution in [0.1, 0.15) is 101 Å². The van der Waals surface area contributed by atoms with Crippen LogP contribution in [-0.2, 0) is 4.79 Å². The van der Waals surface area contributed by atoms with Crippen LogP contribution in [0.15, 0.2) is 18.2 Å². The predicted octanol–water partition coefficient (Wildman–Crippen LogP) is 5.90. The number of piperidine rings is 1. The largest absolute Gasteiger partial charge is 0.371 e. The quantitative estimate of drug-likeness (QED) is 0.395. The third-order valence-electron chi connectivity index (χ3n) is 5.76. The van der Waals surface area contributed by atoms with E-state index >= 15 is 0 Å². The average Bonchev–Trinajstić information content (AvgIpc) is 2.77. The van der Waals surface area contributed by atoms with Crippen LogP contribution in [0.2, 0.25) is 0 Å². The van der Waals surface area contributed by atoms with Crippen molar-refractivity contribution in [2.24, 2.45) is 0 Å². The Bertz CT molecular complexity index is 654. The van der Waals surface area contributed by atoms with Crippen molar-refractivity contribution in [1.29, 1.82) is 0 Å². The van der Waals surface area contributed by atoms with Crippen LogP contribution in [0.25, 0.3) is 0 Å². The summed E-state index contributed by atoms with van der Waals surface area (Å²) in [6, 6.07) is 5.77. The molecule has 0 spiro atoms. The highest BCUT2D eigenvalue weighted by atomic mass is 16.2. The van der Waals surface area contributed by atoms with E-state index in [1.807, 2.05) is 25.1 Å². The van der Waals surface area contributed by atoms with Crippen LogP contribution < -0.4 is 15.5 Å². The Balaban J connectivity index is 1.93. The molecule has 2 N–H and O–H groups in total. The molecular weight excluding hydrogens is 374 g/mol. The van der Waals surface area contributed by atoms with Gasteiger partial charge >= 0.3 is 0 Å². The maximum Gasteiger partial charge on any atom is 0.253 e. The highest BCUT2D eigenvalue weighted by molar-refractivity contribution is 6.02. The number of anilines is 2. The van der Waals surface area contributed by atoms with Gasteiger partial charge in [-0.25, -0.2) is 0 Å². The molecule has 30 heavy (non-hydrogen) atoms. The zero-order chi connectivity index (χ0) is 21.6. The highest BCUT2D eigenvalue weighted by Gasteiger charge is 2.19. The normalized spacial score (nSPS) is 13.9. The molecular formula is C25H41N3O2. The molecule has 0 bridgehead atoms. The summed E-state index contributed by atoms with van der Waals surface area (Å²) >= 11 is 0. The number of carbonyl (C=O) groups is 2. The first-order valence-corrected chi connectivity index (χ1v) is 12.1. The van der Waals surface area contributed by atoms with Crippen LogP contribution in [0.4, 0.5) is 11.4 Å². The number of rotatable bonds is 13. The number of unbranched alkanes of at least 4 members (excludes halogenated alkanes) is 6. The molecule has 5 nitrogen and oxygen atoms in total. The summed E-state index contributed by atoms with van der Waals surface area (Å²) in [5.41, 5.74) is 2.36. The minimum atomic E-state index is -0.0550. The monoisotopic (exact) mass is 415 g/mol. The Labute approximate surface area is 183 Å². The molecule has 1 aromatic carbocycles. The SMILES string of the molecule is CCCCCCCCCC(=O)Nc1ccc(N2CCCCC2)c(C(=O)NCCC)c1. The van der Waals surface area contributed by atoms with Crippen molar-refractivity contribution in [1.82, 2.24) is 5.32 Å². The highest BCUT2D eigenvalue weighted by Crippen LogP contribution is 2.27. The molecule has 1 aliphatic rings. The van der Waals surface area contributed by atoms with E-state index in [1.165, 1.54) is 38.5 Å². The molecule has 0 saturated carbocycles. The Morgan fingerprint density at radius 1 is 0.900 bits per heavy atom. The molecule has 1 fully saturated rings. The third kappa shape index (κ3) is 8.37. The maximum atomic E-state index is 12.8. The predicted molar refractivity (Wildman–Crippen MR) is 126 cm³/mol. The van der Waals surface area contributed by atoms with E-state index in [0.717, 1.165) is 50.9 Å². The lowest BCUT2D eigenvalue weighted by Gasteiger charge is -2.30. The molecule has 0 atom stereocenters. The molecule has 0 unspecified atom stereocenters. The van der Waals surface area contributed by atoms with Gasteiger partial charge in [-0.15, -0.1) is 0 Å². The molecule has 0 aromatic heterocycles. The molecule has 2 amide bonds. The van der Waals surface area contributed by atoms with Gasteiger partial charge in [0, 0.05) is 37.4 Å². The van der Waals surface area contributed by atoms with Gasteiger partial charge in [-0.05, 0) is 50.3 Å². The van der Waals surface area contributed by atoms with E-state index in [2.05, 4.69) is 22.5 Å². The van der Waals surface area contributed by atoms with E-state index < -0.39 is 0 Å². The number of hydrogen-bond acceptors (Lipinski definition) is 3. The second-order valence-corrected chi connectivity index (χ2v) is 8.46. The molecule has 1 saturated heterocycles. The smallest absolute Gasteiger partial charge is 0.253 e. The number of hydrogen-bond donors (Lipinski definition) is 2. The molecule has 168 valence electrons. The lowest BCUT2D eigenvalue weighted by molar-refractivity contribution is -0.116. The van der Waals surface area contributed by atoms with E-state index in [-0.39, 0.29) is 11.8 Å². The summed E-state index contributed by atoms with van der Waals surface area (Å²) in [6.07, 6.45) is 13.4. The molecule has 1 aliphatic heterocycles. The van der Waals surface area contributed by atoms with Gasteiger partial charge in [0.1, 0.15) is 0 Å². The molecule has 2 rings (SSSR count). The lowest BCUT2D eigenvalue weighted by Crippen LogP contribution is -2.33. The Morgan fingerprint density at radius 3 is 2.30 bits per heavy atom. The Hall–Kier alpha value is -2.04. The fourth-order valence-electron chi connectivity index (χ4n) is 4.01. The van der Waals surface area contributed by atoms with Gasteiger partial charge in [-0.2, -0.15) is 0 Å². The van der Waals surface area contributed by atoms with E-state index in [0.29, 0.717) is 24.2 Å². The first-order valence-electron chi connectivity index (χ1n) is 12.1. The second kappa shape index (κ2) is 14.1. The number of nitrogens with one attached hydrogen (secondary N) is 2. The molecule has 0 aliphatic carbocycles. The van der Waals surface area contributed by atoms with Gasteiger partial charge in [-0.3, -0.25) is 9.59 Å². The number of nitrogens with zero attached hydrogens (tertiary/aromatic N) is 1. The second-order valence-electron chi connectivity index (χ2n) is 8.46. The Kier molecular flexibility index (Phi) is 11.3. The lowest BCUT2D eigenvalue weighted by atomic mass is 10.1. The molecule has 5 heteroatoms. The molecule has 1 heterocycles. The van der Waals surface area contributed by atoms with Gasteiger partial charge in [-0.1, -0.05) is 52.4 Å². The standard InChI is InChI=1S/C25H41N3O2/c1-3-5-6-7-8-9-11-14-24(29)27-21-15-16-23(28-18-12-10-13-19-28)22(20-21)25(30)26-17-4-2/h15-16,20H,3-14,17-19H2,1-2H3,(H,26,30)(H,27,29). The first kappa shape index (κ1) is 24.2. The van der Waals surface area contributed by atoms with Gasteiger partial charge in [0.25, 0.3) is 5.91 Å². The number of amides is 2. The van der Waals surface area contributed by atoms with Crippen LogP contribution >= 0.6 is 0 Å². The molecule has 1 aromatic rings. The number of carbonyl (C=O) groups excluding carboxylic acids is 2. The summed E-state index contributed by atoms with van der Waals surface area (Å²) in [6.45, 7) is 6.90. The van der Waals surface area contributed by atoms with Crippen molar-refractivity contribution in [3.8, 4) is 0 Å². The average molecular weight is 416 g/mol. The van der Waals surface area contributed by atoms with Gasteiger partial charge in [0.15, 0.2) is 0 Å². The summed E-state index contributed by atoms with van der Waals surface area (Å²) in [7, 11) is 0. The van der Waals surface area contributed by atoms with E-state index in [4.69, 9.17) is 0 Å².